The number of hydrogen-bond donors (Lipinski definition) is 2. The maximum Gasteiger partial charge on any atom is 2.00 e. The van der Waals surface area contributed by atoms with E-state index >= 15 is 0 Å². The zero-order valence-electron chi connectivity index (χ0n) is 21.0. The second-order valence-electron chi connectivity index (χ2n) is 7.63. The van der Waals surface area contributed by atoms with E-state index in [0.29, 0.717) is 11.4 Å². The number of aromatic amines is 1. The number of aromatic nitrogens is 5. The van der Waals surface area contributed by atoms with E-state index < -0.39 is 5.97 Å². The summed E-state index contributed by atoms with van der Waals surface area (Å²) in [7, 11) is 0. The van der Waals surface area contributed by atoms with Crippen molar-refractivity contribution in [3.8, 4) is 22.8 Å². The van der Waals surface area contributed by atoms with Gasteiger partial charge >= 0.3 is 25.4 Å². The summed E-state index contributed by atoms with van der Waals surface area (Å²) in [6.45, 7) is 0. The fraction of sp³-hybridized carbons (Fsp3) is 0. The minimum Gasteiger partial charge on any atom is -0.753 e. The number of isothiocyanates is 2. The Kier molecular flexibility index (Phi) is 13.6. The van der Waals surface area contributed by atoms with Crippen molar-refractivity contribution in [1.29, 1.82) is 0 Å². The van der Waals surface area contributed by atoms with Crippen LogP contribution < -0.4 is 0 Å². The van der Waals surface area contributed by atoms with Crippen LogP contribution in [0, 0.1) is 0 Å². The van der Waals surface area contributed by atoms with Gasteiger partial charge in [0.2, 0.25) is 0 Å². The maximum atomic E-state index is 10.7. The van der Waals surface area contributed by atoms with Crippen LogP contribution in [0.5, 0.6) is 0 Å². The van der Waals surface area contributed by atoms with Crippen LogP contribution in [0.3, 0.4) is 0 Å². The Morgan fingerprint density at radius 3 is 1.78 bits per heavy atom. The van der Waals surface area contributed by atoms with Gasteiger partial charge in [0.15, 0.2) is 0 Å². The largest absolute Gasteiger partial charge is 2.00 e. The number of nitrogens with zero attached hydrogens (tertiary/aromatic N) is 6. The van der Waals surface area contributed by atoms with Crippen molar-refractivity contribution in [2.75, 3.05) is 0 Å². The second-order valence-corrected chi connectivity index (χ2v) is 8.00. The van der Waals surface area contributed by atoms with Gasteiger partial charge in [-0.2, -0.15) is 10.3 Å². The molecule has 1 aromatic carbocycles. The van der Waals surface area contributed by atoms with E-state index in [0.717, 1.165) is 22.4 Å². The molecule has 0 bridgehead atoms. The zero-order chi connectivity index (χ0) is 28.7. The molecule has 0 atom stereocenters. The summed E-state index contributed by atoms with van der Waals surface area (Å²) in [4.78, 5) is 31.1. The monoisotopic (exact) mass is 663 g/mol. The third-order valence-corrected chi connectivity index (χ3v) is 5.25. The van der Waals surface area contributed by atoms with Gasteiger partial charge in [0.1, 0.15) is 0 Å². The molecule has 0 saturated carbocycles. The number of benzene rings is 1. The number of carboxylic acids is 1. The van der Waals surface area contributed by atoms with Crippen LogP contribution in [0.4, 0.5) is 0 Å². The summed E-state index contributed by atoms with van der Waals surface area (Å²) < 4.78 is 0. The van der Waals surface area contributed by atoms with E-state index in [2.05, 4.69) is 73.6 Å². The van der Waals surface area contributed by atoms with E-state index in [9.17, 15) is 4.79 Å². The number of H-pyrrole nitrogens is 1. The molecule has 6 rings (SSSR count). The number of thiocarbonyl (C=S) groups is 2. The molecular formula is C29H19N7O2RuS2. The van der Waals surface area contributed by atoms with Crippen LogP contribution in [0.25, 0.3) is 55.4 Å². The molecule has 12 heteroatoms. The molecular weight excluding hydrogens is 644 g/mol. The molecule has 9 nitrogen and oxygen atoms in total. The predicted molar refractivity (Wildman–Crippen MR) is 163 cm³/mol. The van der Waals surface area contributed by atoms with Crippen molar-refractivity contribution in [2.24, 2.45) is 0 Å². The minimum atomic E-state index is -0.963. The smallest absolute Gasteiger partial charge is 0.753 e. The summed E-state index contributed by atoms with van der Waals surface area (Å²) in [6, 6.07) is 24.6. The predicted octanol–water partition coefficient (Wildman–Crippen LogP) is 6.93. The SMILES string of the molecule is O=C(O)c1ccnc(-c2ccccn2)c1.[N-]=C=S.[N-]=C=S.[Ru+2].c1ccc(-c2cc3c(cn2)[nH]c2ccccc23)nc1. The molecule has 0 saturated heterocycles. The van der Waals surface area contributed by atoms with Gasteiger partial charge in [-0.3, -0.25) is 19.9 Å². The van der Waals surface area contributed by atoms with Crippen molar-refractivity contribution in [1.82, 2.24) is 24.9 Å². The van der Waals surface area contributed by atoms with E-state index in [1.54, 1.807) is 24.5 Å². The van der Waals surface area contributed by atoms with Crippen molar-refractivity contribution in [3.05, 3.63) is 120 Å². The first kappa shape index (κ1) is 32.5. The molecule has 5 aromatic heterocycles. The Bertz CT molecular complexity index is 1780. The number of rotatable bonds is 3. The molecule has 0 spiro atoms. The first-order valence-corrected chi connectivity index (χ1v) is 12.2. The number of nitrogens with one attached hydrogen (secondary N) is 1. The fourth-order valence-corrected chi connectivity index (χ4v) is 3.62. The number of carboxylic acid groups (broad SMARTS) is 1. The molecule has 0 aliphatic heterocycles. The van der Waals surface area contributed by atoms with Crippen molar-refractivity contribution in [2.45, 2.75) is 0 Å². The molecule has 41 heavy (non-hydrogen) atoms. The number of hydrogen-bond acceptors (Lipinski definition) is 7. The Morgan fingerprint density at radius 1 is 0.683 bits per heavy atom. The van der Waals surface area contributed by atoms with Gasteiger partial charge in [-0.25, -0.2) is 4.79 Å². The summed E-state index contributed by atoms with van der Waals surface area (Å²) in [5.41, 5.74) is 5.44. The Balaban J connectivity index is 0.000000241. The Hall–Kier alpha value is -4.69. The summed E-state index contributed by atoms with van der Waals surface area (Å²) in [6.07, 6.45) is 6.77. The van der Waals surface area contributed by atoms with E-state index in [4.69, 9.17) is 15.9 Å². The molecule has 0 radical (unpaired) electrons. The molecule has 5 heterocycles. The normalized spacial score (nSPS) is 9.17. The van der Waals surface area contributed by atoms with Crippen LogP contribution in [-0.4, -0.2) is 46.3 Å². The second kappa shape index (κ2) is 17.1. The van der Waals surface area contributed by atoms with E-state index in [1.807, 2.05) is 36.5 Å². The van der Waals surface area contributed by atoms with Crippen LogP contribution in [0.15, 0.2) is 104 Å². The summed E-state index contributed by atoms with van der Waals surface area (Å²) in [5, 5.41) is 28.1. The van der Waals surface area contributed by atoms with Gasteiger partial charge in [-0.1, -0.05) is 54.8 Å². The number of para-hydroxylation sites is 1. The third-order valence-electron chi connectivity index (χ3n) is 5.25. The molecule has 0 aliphatic carbocycles. The molecule has 0 amide bonds. The standard InChI is InChI=1S/C16H11N3.C11H8N2O2.2CNS.Ru/c1-2-6-13-11(5-1)12-9-15(18-10-16(12)19-13)14-7-3-4-8-17-14;14-11(15)8-4-6-13-10(7-8)9-3-1-2-5-12-9;2*2-1-3;/h1-10,19H;1-7H,(H,14,15);;;/q;;2*-1;+2. The van der Waals surface area contributed by atoms with Crippen molar-refractivity contribution < 1.29 is 29.4 Å². The van der Waals surface area contributed by atoms with Crippen LogP contribution in [0.1, 0.15) is 10.4 Å². The maximum absolute atomic E-state index is 10.7. The topological polar surface area (TPSA) is 149 Å². The van der Waals surface area contributed by atoms with Crippen LogP contribution in [-0.2, 0) is 19.5 Å². The Labute approximate surface area is 258 Å². The van der Waals surface area contributed by atoms with E-state index in [1.165, 1.54) is 39.4 Å². The average molecular weight is 663 g/mol. The minimum absolute atomic E-state index is 0. The van der Waals surface area contributed by atoms with Gasteiger partial charge in [0, 0.05) is 34.9 Å². The molecule has 2 N–H and O–H groups in total. The summed E-state index contributed by atoms with van der Waals surface area (Å²) >= 11 is 7.40. The van der Waals surface area contributed by atoms with Gasteiger partial charge in [0.05, 0.1) is 40.1 Å². The molecule has 0 fully saturated rings. The first-order valence-electron chi connectivity index (χ1n) is 11.4. The summed E-state index contributed by atoms with van der Waals surface area (Å²) in [5.74, 6) is -0.963. The quantitative estimate of drug-likeness (QED) is 0.118. The van der Waals surface area contributed by atoms with E-state index in [-0.39, 0.29) is 25.0 Å². The number of carbonyl (C=O) groups is 1. The van der Waals surface area contributed by atoms with Crippen molar-refractivity contribution >= 4 is 62.5 Å². The molecule has 202 valence electrons. The Morgan fingerprint density at radius 2 is 1.22 bits per heavy atom. The van der Waals surface area contributed by atoms with Gasteiger partial charge in [-0.15, -0.1) is 0 Å². The number of fused-ring (bicyclic) bond motifs is 3. The molecule has 6 aromatic rings. The van der Waals surface area contributed by atoms with Gasteiger partial charge in [-0.05, 0) is 48.5 Å². The van der Waals surface area contributed by atoms with Crippen LogP contribution in [0.2, 0.25) is 0 Å². The van der Waals surface area contributed by atoms with Crippen LogP contribution >= 0.6 is 24.4 Å². The fourth-order valence-electron chi connectivity index (χ4n) is 3.62. The third kappa shape index (κ3) is 9.19. The van der Waals surface area contributed by atoms with Gasteiger partial charge < -0.3 is 20.9 Å². The molecule has 0 aliphatic rings. The van der Waals surface area contributed by atoms with Crippen molar-refractivity contribution in [3.63, 3.8) is 0 Å². The number of pyridine rings is 4. The zero-order valence-corrected chi connectivity index (χ0v) is 24.4. The number of aromatic carboxylic acids is 1. The first-order chi connectivity index (χ1) is 19.5. The van der Waals surface area contributed by atoms with Gasteiger partial charge in [0.25, 0.3) is 0 Å². The molecule has 0 unspecified atom stereocenters. The average Bonchev–Trinajstić information content (AvgIpc) is 3.37.